The van der Waals surface area contributed by atoms with Crippen molar-refractivity contribution in [2.45, 2.75) is 0 Å². The summed E-state index contributed by atoms with van der Waals surface area (Å²) in [5.41, 5.74) is 2.14. The topological polar surface area (TPSA) is 66.7 Å². The summed E-state index contributed by atoms with van der Waals surface area (Å²) < 4.78 is 0. The fourth-order valence-electron chi connectivity index (χ4n) is 3.76. The van der Waals surface area contributed by atoms with Crippen molar-refractivity contribution in [1.29, 1.82) is 0 Å². The number of ketones is 1. The molecule has 0 aromatic heterocycles. The van der Waals surface area contributed by atoms with E-state index in [1.807, 2.05) is 48.5 Å². The van der Waals surface area contributed by atoms with Gasteiger partial charge in [0.1, 0.15) is 0 Å². The molecule has 3 aromatic carbocycles. The SMILES string of the molecule is O=C(c1cccc([N+](=O)[O-])c1)C1CN(c2ccc(Cl)cc2)CN(c2ccc(Cl)cc2)C1. The average molecular weight is 456 g/mol. The van der Waals surface area contributed by atoms with Gasteiger partial charge in [-0.1, -0.05) is 35.3 Å². The fraction of sp³-hybridized carbons (Fsp3) is 0.174. The second kappa shape index (κ2) is 8.96. The molecular weight excluding hydrogens is 437 g/mol. The zero-order valence-corrected chi connectivity index (χ0v) is 18.0. The molecule has 4 rings (SSSR count). The van der Waals surface area contributed by atoms with Crippen molar-refractivity contribution >= 4 is 46.0 Å². The van der Waals surface area contributed by atoms with Gasteiger partial charge in [0.2, 0.25) is 0 Å². The maximum absolute atomic E-state index is 13.3. The molecule has 6 nitrogen and oxygen atoms in total. The summed E-state index contributed by atoms with van der Waals surface area (Å²) in [4.78, 5) is 28.2. The van der Waals surface area contributed by atoms with Gasteiger partial charge in [0.05, 0.1) is 17.5 Å². The summed E-state index contributed by atoms with van der Waals surface area (Å²) >= 11 is 12.1. The van der Waals surface area contributed by atoms with E-state index in [0.717, 1.165) is 11.4 Å². The third-order valence-corrected chi connectivity index (χ3v) is 5.82. The van der Waals surface area contributed by atoms with Crippen LogP contribution in [0.3, 0.4) is 0 Å². The van der Waals surface area contributed by atoms with Gasteiger partial charge in [0, 0.05) is 52.2 Å². The Morgan fingerprint density at radius 2 is 1.39 bits per heavy atom. The van der Waals surface area contributed by atoms with Crippen molar-refractivity contribution in [3.63, 3.8) is 0 Å². The Labute approximate surface area is 189 Å². The van der Waals surface area contributed by atoms with Crippen LogP contribution in [0, 0.1) is 16.0 Å². The molecule has 0 saturated carbocycles. The number of carbonyl (C=O) groups is 1. The first-order valence-corrected chi connectivity index (χ1v) is 10.5. The number of hydrogen-bond acceptors (Lipinski definition) is 5. The molecule has 1 aliphatic heterocycles. The monoisotopic (exact) mass is 455 g/mol. The first-order valence-electron chi connectivity index (χ1n) is 9.70. The number of carbonyl (C=O) groups excluding carboxylic acids is 1. The number of non-ortho nitro benzene ring substituents is 1. The maximum atomic E-state index is 13.3. The molecule has 0 bridgehead atoms. The molecule has 1 aliphatic rings. The normalized spacial score (nSPS) is 14.5. The van der Waals surface area contributed by atoms with Gasteiger partial charge >= 0.3 is 0 Å². The van der Waals surface area contributed by atoms with E-state index in [4.69, 9.17) is 23.2 Å². The van der Waals surface area contributed by atoms with Gasteiger partial charge in [-0.2, -0.15) is 0 Å². The zero-order valence-electron chi connectivity index (χ0n) is 16.4. The van der Waals surface area contributed by atoms with Crippen LogP contribution in [0.1, 0.15) is 10.4 Å². The Hall–Kier alpha value is -3.09. The smallest absolute Gasteiger partial charge is 0.270 e. The molecule has 158 valence electrons. The molecule has 1 saturated heterocycles. The summed E-state index contributed by atoms with van der Waals surface area (Å²) in [5, 5.41) is 12.4. The summed E-state index contributed by atoms with van der Waals surface area (Å²) in [5.74, 6) is -0.497. The van der Waals surface area contributed by atoms with Crippen molar-refractivity contribution in [1.82, 2.24) is 0 Å². The lowest BCUT2D eigenvalue weighted by molar-refractivity contribution is -0.384. The highest BCUT2D eigenvalue weighted by molar-refractivity contribution is 6.30. The maximum Gasteiger partial charge on any atom is 0.270 e. The summed E-state index contributed by atoms with van der Waals surface area (Å²) in [6.45, 7) is 1.57. The minimum Gasteiger partial charge on any atom is -0.353 e. The van der Waals surface area contributed by atoms with Crippen LogP contribution in [0.2, 0.25) is 10.0 Å². The highest BCUT2D eigenvalue weighted by Gasteiger charge is 2.31. The molecule has 0 spiro atoms. The van der Waals surface area contributed by atoms with Crippen molar-refractivity contribution in [3.05, 3.63) is 98.5 Å². The number of nitro benzene ring substituents is 1. The highest BCUT2D eigenvalue weighted by atomic mass is 35.5. The molecule has 31 heavy (non-hydrogen) atoms. The standard InChI is InChI=1S/C23H19Cl2N3O3/c24-18-4-8-20(9-5-18)26-13-17(14-27(15-26)21-10-6-19(25)7-11-21)23(29)16-2-1-3-22(12-16)28(30)31/h1-12,17H,13-15H2. The molecule has 1 heterocycles. The molecule has 0 atom stereocenters. The van der Waals surface area contributed by atoms with Crippen molar-refractivity contribution in [2.75, 3.05) is 29.6 Å². The third-order valence-electron chi connectivity index (χ3n) is 5.32. The Morgan fingerprint density at radius 3 is 1.87 bits per heavy atom. The summed E-state index contributed by atoms with van der Waals surface area (Å²) in [6.07, 6.45) is 0. The van der Waals surface area contributed by atoms with Crippen molar-refractivity contribution < 1.29 is 9.72 Å². The fourth-order valence-corrected chi connectivity index (χ4v) is 4.02. The first-order chi connectivity index (χ1) is 14.9. The molecule has 0 unspecified atom stereocenters. The van der Waals surface area contributed by atoms with Crippen LogP contribution in [0.5, 0.6) is 0 Å². The van der Waals surface area contributed by atoms with Gasteiger partial charge < -0.3 is 9.80 Å². The number of rotatable bonds is 5. The predicted octanol–water partition coefficient (Wildman–Crippen LogP) is 5.68. The Kier molecular flexibility index (Phi) is 6.11. The van der Waals surface area contributed by atoms with Crippen LogP contribution in [0.4, 0.5) is 17.1 Å². The second-order valence-corrected chi connectivity index (χ2v) is 8.28. The molecule has 0 amide bonds. The van der Waals surface area contributed by atoms with Gasteiger partial charge in [-0.05, 0) is 48.5 Å². The lowest BCUT2D eigenvalue weighted by Gasteiger charge is -2.42. The minimum atomic E-state index is -0.488. The van der Waals surface area contributed by atoms with Crippen LogP contribution in [0.15, 0.2) is 72.8 Å². The van der Waals surface area contributed by atoms with Crippen LogP contribution in [-0.2, 0) is 0 Å². The van der Waals surface area contributed by atoms with Gasteiger partial charge in [-0.3, -0.25) is 14.9 Å². The summed E-state index contributed by atoms with van der Waals surface area (Å²) in [6, 6.07) is 20.8. The molecule has 0 aliphatic carbocycles. The van der Waals surface area contributed by atoms with Gasteiger partial charge in [-0.25, -0.2) is 0 Å². The van der Waals surface area contributed by atoms with E-state index in [2.05, 4.69) is 9.80 Å². The number of nitro groups is 1. The quantitative estimate of drug-likeness (QED) is 0.281. The molecular formula is C23H19Cl2N3O3. The number of anilines is 2. The van der Waals surface area contributed by atoms with E-state index in [0.29, 0.717) is 35.4 Å². The molecule has 0 radical (unpaired) electrons. The lowest BCUT2D eigenvalue weighted by atomic mass is 9.94. The van der Waals surface area contributed by atoms with Gasteiger partial charge in [0.15, 0.2) is 5.78 Å². The summed E-state index contributed by atoms with van der Waals surface area (Å²) in [7, 11) is 0. The number of benzene rings is 3. The number of halogens is 2. The largest absolute Gasteiger partial charge is 0.353 e. The third kappa shape index (κ3) is 4.81. The molecule has 1 fully saturated rings. The van der Waals surface area contributed by atoms with Gasteiger partial charge in [0.25, 0.3) is 5.69 Å². The van der Waals surface area contributed by atoms with E-state index in [-0.39, 0.29) is 17.4 Å². The highest BCUT2D eigenvalue weighted by Crippen LogP contribution is 2.29. The second-order valence-electron chi connectivity index (χ2n) is 7.41. The Bertz CT molecular complexity index is 1050. The van der Waals surface area contributed by atoms with Gasteiger partial charge in [-0.15, -0.1) is 0 Å². The van der Waals surface area contributed by atoms with E-state index in [1.165, 1.54) is 12.1 Å². The van der Waals surface area contributed by atoms with Crippen molar-refractivity contribution in [3.8, 4) is 0 Å². The lowest BCUT2D eigenvalue weighted by Crippen LogP contribution is -2.52. The van der Waals surface area contributed by atoms with E-state index >= 15 is 0 Å². The van der Waals surface area contributed by atoms with E-state index < -0.39 is 4.92 Å². The van der Waals surface area contributed by atoms with E-state index in [9.17, 15) is 14.9 Å². The van der Waals surface area contributed by atoms with Crippen LogP contribution >= 0.6 is 23.2 Å². The Balaban J connectivity index is 1.66. The predicted molar refractivity (Wildman–Crippen MR) is 123 cm³/mol. The first kappa shape index (κ1) is 21.2. The van der Waals surface area contributed by atoms with Crippen LogP contribution in [0.25, 0.3) is 0 Å². The van der Waals surface area contributed by atoms with E-state index in [1.54, 1.807) is 12.1 Å². The average Bonchev–Trinajstić information content (AvgIpc) is 2.79. The Morgan fingerprint density at radius 1 is 0.871 bits per heavy atom. The van der Waals surface area contributed by atoms with Crippen molar-refractivity contribution in [2.24, 2.45) is 5.92 Å². The molecule has 0 N–H and O–H groups in total. The van der Waals surface area contributed by atoms with Crippen LogP contribution < -0.4 is 9.80 Å². The zero-order chi connectivity index (χ0) is 22.0. The molecule has 8 heteroatoms. The number of Topliss-reactive ketones (excluding diaryl/α,β-unsaturated/α-hetero) is 1. The molecule has 3 aromatic rings. The van der Waals surface area contributed by atoms with Crippen LogP contribution in [-0.4, -0.2) is 30.5 Å². The number of hydrogen-bond donors (Lipinski definition) is 0. The minimum absolute atomic E-state index is 0.0919. The number of nitrogens with zero attached hydrogens (tertiary/aromatic N) is 3.